The molecule has 0 fully saturated rings. The molecule has 1 aliphatic rings. The first-order valence-corrected chi connectivity index (χ1v) is 10.0. The third-order valence-corrected chi connectivity index (χ3v) is 7.31. The highest BCUT2D eigenvalue weighted by molar-refractivity contribution is 7.89. The Balaban J connectivity index is 1.93. The zero-order valence-electron chi connectivity index (χ0n) is 14.4. The van der Waals surface area contributed by atoms with Crippen LogP contribution in [0.15, 0.2) is 17.2 Å². The molecular formula is C15H21N5O3S2. The van der Waals surface area contributed by atoms with Gasteiger partial charge in [0.1, 0.15) is 0 Å². The highest BCUT2D eigenvalue weighted by atomic mass is 32.2. The predicted octanol–water partition coefficient (Wildman–Crippen LogP) is 0.618. The molecule has 3 rings (SSSR count). The van der Waals surface area contributed by atoms with Crippen molar-refractivity contribution in [3.63, 3.8) is 0 Å². The summed E-state index contributed by atoms with van der Waals surface area (Å²) >= 11 is 1.11. The molecule has 1 aliphatic heterocycles. The van der Waals surface area contributed by atoms with Crippen molar-refractivity contribution in [3.8, 4) is 0 Å². The van der Waals surface area contributed by atoms with E-state index < -0.39 is 15.9 Å². The standard InChI is InChI=1S/C15H21N5O3S2/c1-10-14(6-13(24-10)15(16)21)25(22,23)19-4-5-20-12(9-19)11(7-17-20)8-18(2)3/h6-7H,4-5,8-9H2,1-3H3,(H2,16,21). The Hall–Kier alpha value is -1.75. The van der Waals surface area contributed by atoms with E-state index in [2.05, 4.69) is 5.10 Å². The summed E-state index contributed by atoms with van der Waals surface area (Å²) < 4.78 is 29.4. The molecule has 2 aromatic heterocycles. The Bertz CT molecular complexity index is 914. The van der Waals surface area contributed by atoms with Gasteiger partial charge in [-0.15, -0.1) is 11.3 Å². The molecule has 0 saturated carbocycles. The highest BCUT2D eigenvalue weighted by Crippen LogP contribution is 2.30. The topological polar surface area (TPSA) is 102 Å². The Kier molecular flexibility index (Phi) is 4.71. The molecule has 3 heterocycles. The van der Waals surface area contributed by atoms with Gasteiger partial charge in [-0.05, 0) is 27.1 Å². The number of sulfonamides is 1. The molecule has 0 atom stereocenters. The predicted molar refractivity (Wildman–Crippen MR) is 94.8 cm³/mol. The van der Waals surface area contributed by atoms with E-state index in [-0.39, 0.29) is 16.3 Å². The van der Waals surface area contributed by atoms with Crippen molar-refractivity contribution < 1.29 is 13.2 Å². The second-order valence-electron chi connectivity index (χ2n) is 6.31. The molecule has 0 aromatic carbocycles. The van der Waals surface area contributed by atoms with Crippen LogP contribution in [-0.2, 0) is 29.7 Å². The molecule has 2 N–H and O–H groups in total. The molecule has 0 radical (unpaired) electrons. The maximum atomic E-state index is 13.0. The van der Waals surface area contributed by atoms with Gasteiger partial charge in [0.05, 0.1) is 34.8 Å². The zero-order valence-corrected chi connectivity index (χ0v) is 16.0. The van der Waals surface area contributed by atoms with Gasteiger partial charge in [-0.1, -0.05) is 0 Å². The second kappa shape index (κ2) is 6.52. The monoisotopic (exact) mass is 383 g/mol. The molecule has 136 valence electrons. The van der Waals surface area contributed by atoms with E-state index in [1.807, 2.05) is 23.7 Å². The normalized spacial score (nSPS) is 15.5. The minimum absolute atomic E-state index is 0.161. The molecule has 2 aromatic rings. The van der Waals surface area contributed by atoms with Crippen molar-refractivity contribution in [3.05, 3.63) is 33.3 Å². The lowest BCUT2D eigenvalue weighted by Gasteiger charge is -2.28. The number of carbonyl (C=O) groups excluding carboxylic acids is 1. The molecule has 0 unspecified atom stereocenters. The first-order chi connectivity index (χ1) is 11.7. The van der Waals surface area contributed by atoms with E-state index in [0.717, 1.165) is 22.6 Å². The zero-order chi connectivity index (χ0) is 18.4. The van der Waals surface area contributed by atoms with Crippen LogP contribution in [-0.4, -0.2) is 54.0 Å². The first kappa shape index (κ1) is 18.1. The van der Waals surface area contributed by atoms with Crippen LogP contribution in [0.1, 0.15) is 25.8 Å². The third kappa shape index (κ3) is 3.34. The van der Waals surface area contributed by atoms with E-state index in [1.54, 1.807) is 13.1 Å². The number of primary amides is 1. The van der Waals surface area contributed by atoms with Crippen LogP contribution >= 0.6 is 11.3 Å². The molecule has 0 saturated heterocycles. The lowest BCUT2D eigenvalue weighted by molar-refractivity contribution is 0.100. The van der Waals surface area contributed by atoms with E-state index in [9.17, 15) is 13.2 Å². The summed E-state index contributed by atoms with van der Waals surface area (Å²) in [6, 6.07) is 1.38. The molecule has 10 heteroatoms. The minimum Gasteiger partial charge on any atom is -0.365 e. The van der Waals surface area contributed by atoms with Crippen LogP contribution < -0.4 is 5.73 Å². The summed E-state index contributed by atoms with van der Waals surface area (Å²) in [6.45, 7) is 3.52. The van der Waals surface area contributed by atoms with Gasteiger partial charge in [0.2, 0.25) is 10.0 Å². The maximum absolute atomic E-state index is 13.0. The molecule has 0 bridgehead atoms. The Morgan fingerprint density at radius 1 is 1.40 bits per heavy atom. The summed E-state index contributed by atoms with van der Waals surface area (Å²) in [5.74, 6) is -0.612. The smallest absolute Gasteiger partial charge is 0.258 e. The fourth-order valence-electron chi connectivity index (χ4n) is 2.94. The third-order valence-electron chi connectivity index (χ3n) is 4.14. The number of fused-ring (bicyclic) bond motifs is 1. The Labute approximate surface area is 150 Å². The summed E-state index contributed by atoms with van der Waals surface area (Å²) in [6.07, 6.45) is 1.80. The number of amides is 1. The summed E-state index contributed by atoms with van der Waals surface area (Å²) in [5, 5.41) is 4.35. The van der Waals surface area contributed by atoms with Crippen LogP contribution in [0.3, 0.4) is 0 Å². The van der Waals surface area contributed by atoms with Crippen molar-refractivity contribution in [1.82, 2.24) is 19.0 Å². The molecule has 0 spiro atoms. The number of nitrogens with two attached hydrogens (primary N) is 1. The van der Waals surface area contributed by atoms with Gasteiger partial charge < -0.3 is 10.6 Å². The average molecular weight is 383 g/mol. The van der Waals surface area contributed by atoms with Crippen molar-refractivity contribution >= 4 is 27.3 Å². The van der Waals surface area contributed by atoms with Gasteiger partial charge in [-0.3, -0.25) is 9.48 Å². The lowest BCUT2D eigenvalue weighted by Crippen LogP contribution is -2.39. The second-order valence-corrected chi connectivity index (χ2v) is 9.47. The number of aryl methyl sites for hydroxylation is 1. The summed E-state index contributed by atoms with van der Waals surface area (Å²) in [5.41, 5.74) is 7.21. The number of carbonyl (C=O) groups is 1. The van der Waals surface area contributed by atoms with Gasteiger partial charge >= 0.3 is 0 Å². The van der Waals surface area contributed by atoms with Crippen molar-refractivity contribution in [2.75, 3.05) is 20.6 Å². The number of rotatable bonds is 5. The molecule has 8 nitrogen and oxygen atoms in total. The number of hydrogen-bond acceptors (Lipinski definition) is 6. The molecule has 0 aliphatic carbocycles. The summed E-state index contributed by atoms with van der Waals surface area (Å²) in [7, 11) is 0.230. The first-order valence-electron chi connectivity index (χ1n) is 7.79. The van der Waals surface area contributed by atoms with Crippen LogP contribution in [0.4, 0.5) is 0 Å². The maximum Gasteiger partial charge on any atom is 0.258 e. The van der Waals surface area contributed by atoms with Crippen molar-refractivity contribution in [1.29, 1.82) is 0 Å². The molecule has 1 amide bonds. The molecule has 25 heavy (non-hydrogen) atoms. The van der Waals surface area contributed by atoms with E-state index >= 15 is 0 Å². The van der Waals surface area contributed by atoms with Crippen LogP contribution in [0, 0.1) is 6.92 Å². The number of aromatic nitrogens is 2. The average Bonchev–Trinajstić information content (AvgIpc) is 3.11. The van der Waals surface area contributed by atoms with Gasteiger partial charge in [-0.2, -0.15) is 9.40 Å². The quantitative estimate of drug-likeness (QED) is 0.815. The van der Waals surface area contributed by atoms with Gasteiger partial charge in [0.15, 0.2) is 0 Å². The van der Waals surface area contributed by atoms with E-state index in [0.29, 0.717) is 24.5 Å². The fraction of sp³-hybridized carbons (Fsp3) is 0.467. The number of thiophene rings is 1. The minimum atomic E-state index is -3.69. The molecular weight excluding hydrogens is 362 g/mol. The van der Waals surface area contributed by atoms with Crippen LogP contribution in [0.2, 0.25) is 0 Å². The van der Waals surface area contributed by atoms with Crippen LogP contribution in [0.5, 0.6) is 0 Å². The number of hydrogen-bond donors (Lipinski definition) is 1. The SMILES string of the molecule is Cc1sc(C(N)=O)cc1S(=O)(=O)N1CCn2ncc(CN(C)C)c2C1. The van der Waals surface area contributed by atoms with E-state index in [1.165, 1.54) is 10.4 Å². The van der Waals surface area contributed by atoms with Crippen molar-refractivity contribution in [2.45, 2.75) is 31.5 Å². The highest BCUT2D eigenvalue weighted by Gasteiger charge is 2.32. The van der Waals surface area contributed by atoms with Crippen LogP contribution in [0.25, 0.3) is 0 Å². The van der Waals surface area contributed by atoms with Gasteiger partial charge in [0, 0.05) is 23.5 Å². The fourth-order valence-corrected chi connectivity index (χ4v) is 5.74. The lowest BCUT2D eigenvalue weighted by atomic mass is 10.2. The largest absolute Gasteiger partial charge is 0.365 e. The van der Waals surface area contributed by atoms with E-state index in [4.69, 9.17) is 5.73 Å². The Morgan fingerprint density at radius 2 is 2.12 bits per heavy atom. The van der Waals surface area contributed by atoms with Gasteiger partial charge in [-0.25, -0.2) is 8.42 Å². The summed E-state index contributed by atoms with van der Waals surface area (Å²) in [4.78, 5) is 14.4. The van der Waals surface area contributed by atoms with Gasteiger partial charge in [0.25, 0.3) is 5.91 Å². The van der Waals surface area contributed by atoms with Crippen molar-refractivity contribution in [2.24, 2.45) is 5.73 Å². The number of nitrogens with zero attached hydrogens (tertiary/aromatic N) is 4. The Morgan fingerprint density at radius 3 is 2.72 bits per heavy atom.